The van der Waals surface area contributed by atoms with Gasteiger partial charge in [-0.15, -0.1) is 0 Å². The van der Waals surface area contributed by atoms with Gasteiger partial charge in [0, 0.05) is 29.4 Å². The molecule has 1 aliphatic rings. The lowest BCUT2D eigenvalue weighted by molar-refractivity contribution is -0.121. The van der Waals surface area contributed by atoms with Gasteiger partial charge in [-0.3, -0.25) is 4.79 Å². The number of aryl methyl sites for hydroxylation is 1. The van der Waals surface area contributed by atoms with Gasteiger partial charge in [0.15, 0.2) is 0 Å². The zero-order valence-electron chi connectivity index (χ0n) is 11.5. The second-order valence-electron chi connectivity index (χ2n) is 5.27. The first kappa shape index (κ1) is 12.8. The van der Waals surface area contributed by atoms with Gasteiger partial charge in [0.05, 0.1) is 6.54 Å². The van der Waals surface area contributed by atoms with Crippen molar-refractivity contribution >= 4 is 22.5 Å². The first-order valence-corrected chi connectivity index (χ1v) is 6.65. The zero-order valence-corrected chi connectivity index (χ0v) is 11.5. The highest BCUT2D eigenvalue weighted by Crippen LogP contribution is 2.29. The van der Waals surface area contributed by atoms with Gasteiger partial charge in [0.2, 0.25) is 5.91 Å². The third kappa shape index (κ3) is 2.19. The normalized spacial score (nSPS) is 19.2. The monoisotopic (exact) mass is 273 g/mol. The predicted molar refractivity (Wildman–Crippen MR) is 76.3 cm³/mol. The highest BCUT2D eigenvalue weighted by molar-refractivity contribution is 5.94. The molecule has 1 aliphatic heterocycles. The molecule has 1 saturated heterocycles. The van der Waals surface area contributed by atoms with Gasteiger partial charge in [-0.1, -0.05) is 12.1 Å². The fourth-order valence-electron chi connectivity index (χ4n) is 2.70. The maximum atomic E-state index is 13.9. The zero-order chi connectivity index (χ0) is 14.3. The molecule has 3 rings (SSSR count). The van der Waals surface area contributed by atoms with Crippen molar-refractivity contribution in [3.8, 4) is 0 Å². The molecule has 2 aromatic rings. The van der Waals surface area contributed by atoms with Crippen LogP contribution in [-0.4, -0.2) is 30.0 Å². The molecule has 20 heavy (non-hydrogen) atoms. The lowest BCUT2D eigenvalue weighted by Gasteiger charge is -2.33. The van der Waals surface area contributed by atoms with Gasteiger partial charge >= 0.3 is 0 Å². The molecule has 1 N–H and O–H groups in total. The summed E-state index contributed by atoms with van der Waals surface area (Å²) in [5.74, 6) is -0.343. The maximum Gasteiger partial charge on any atom is 0.239 e. The number of anilines is 1. The van der Waals surface area contributed by atoms with Crippen molar-refractivity contribution in [2.75, 3.05) is 18.0 Å². The SMILES string of the molecule is Cc1cc(N2CC(=O)NC(C)C2)c2cccc(F)c2n1. The van der Waals surface area contributed by atoms with Crippen LogP contribution in [0.2, 0.25) is 0 Å². The van der Waals surface area contributed by atoms with Crippen LogP contribution in [0.3, 0.4) is 0 Å². The van der Waals surface area contributed by atoms with Crippen molar-refractivity contribution in [3.05, 3.63) is 35.8 Å². The van der Waals surface area contributed by atoms with Gasteiger partial charge in [0.25, 0.3) is 0 Å². The molecule has 0 bridgehead atoms. The molecule has 0 saturated carbocycles. The third-order valence-electron chi connectivity index (χ3n) is 3.47. The average molecular weight is 273 g/mol. The number of halogens is 1. The lowest BCUT2D eigenvalue weighted by atomic mass is 10.1. The van der Waals surface area contributed by atoms with E-state index in [0.29, 0.717) is 18.6 Å². The molecular weight excluding hydrogens is 257 g/mol. The quantitative estimate of drug-likeness (QED) is 0.864. The van der Waals surface area contributed by atoms with Gasteiger partial charge in [-0.25, -0.2) is 9.37 Å². The maximum absolute atomic E-state index is 13.9. The molecule has 5 heteroatoms. The van der Waals surface area contributed by atoms with Crippen molar-refractivity contribution in [1.29, 1.82) is 0 Å². The van der Waals surface area contributed by atoms with Gasteiger partial charge in [-0.2, -0.15) is 0 Å². The second kappa shape index (κ2) is 4.74. The number of rotatable bonds is 1. The minimum absolute atomic E-state index is 0.0113. The second-order valence-corrected chi connectivity index (χ2v) is 5.27. The van der Waals surface area contributed by atoms with E-state index in [9.17, 15) is 9.18 Å². The van der Waals surface area contributed by atoms with E-state index < -0.39 is 0 Å². The summed E-state index contributed by atoms with van der Waals surface area (Å²) in [6, 6.07) is 6.91. The first-order valence-electron chi connectivity index (χ1n) is 6.65. The highest BCUT2D eigenvalue weighted by Gasteiger charge is 2.23. The van der Waals surface area contributed by atoms with Gasteiger partial charge < -0.3 is 10.2 Å². The number of nitrogens with one attached hydrogen (secondary N) is 1. The average Bonchev–Trinajstić information content (AvgIpc) is 2.38. The van der Waals surface area contributed by atoms with Crippen LogP contribution in [-0.2, 0) is 4.79 Å². The standard InChI is InChI=1S/C15H16FN3O/c1-9-6-13(19-7-10(2)17-14(20)8-19)11-4-3-5-12(16)15(11)18-9/h3-6,10H,7-8H2,1-2H3,(H,17,20). The number of carbonyl (C=O) groups is 1. The topological polar surface area (TPSA) is 45.2 Å². The van der Waals surface area contributed by atoms with Crippen LogP contribution >= 0.6 is 0 Å². The number of hydrogen-bond donors (Lipinski definition) is 1. The largest absolute Gasteiger partial charge is 0.360 e. The smallest absolute Gasteiger partial charge is 0.239 e. The Morgan fingerprint density at radius 3 is 3.00 bits per heavy atom. The van der Waals surface area contributed by atoms with E-state index in [-0.39, 0.29) is 17.8 Å². The first-order chi connectivity index (χ1) is 9.54. The Bertz CT molecular complexity index is 686. The molecule has 1 amide bonds. The van der Waals surface area contributed by atoms with E-state index in [0.717, 1.165) is 16.8 Å². The van der Waals surface area contributed by atoms with Crippen LogP contribution in [0.25, 0.3) is 10.9 Å². The molecule has 0 radical (unpaired) electrons. The van der Waals surface area contributed by atoms with Crippen LogP contribution in [0.5, 0.6) is 0 Å². The van der Waals surface area contributed by atoms with E-state index in [2.05, 4.69) is 10.3 Å². The molecule has 0 spiro atoms. The molecule has 1 fully saturated rings. The number of benzene rings is 1. The molecule has 1 aromatic heterocycles. The predicted octanol–water partition coefficient (Wildman–Crippen LogP) is 2.01. The van der Waals surface area contributed by atoms with E-state index in [1.165, 1.54) is 6.07 Å². The number of nitrogens with zero attached hydrogens (tertiary/aromatic N) is 2. The van der Waals surface area contributed by atoms with Crippen LogP contribution < -0.4 is 10.2 Å². The van der Waals surface area contributed by atoms with Crippen molar-refractivity contribution in [2.24, 2.45) is 0 Å². The highest BCUT2D eigenvalue weighted by atomic mass is 19.1. The number of amides is 1. The van der Waals surface area contributed by atoms with Crippen LogP contribution in [0.4, 0.5) is 10.1 Å². The Morgan fingerprint density at radius 1 is 1.45 bits per heavy atom. The number of piperazine rings is 1. The van der Waals surface area contributed by atoms with E-state index >= 15 is 0 Å². The minimum atomic E-state index is -0.332. The molecule has 2 heterocycles. The Kier molecular flexibility index (Phi) is 3.04. The molecule has 1 atom stereocenters. The number of aromatic nitrogens is 1. The Balaban J connectivity index is 2.15. The van der Waals surface area contributed by atoms with Crippen LogP contribution in [0, 0.1) is 12.7 Å². The van der Waals surface area contributed by atoms with Crippen molar-refractivity contribution < 1.29 is 9.18 Å². The molecule has 4 nitrogen and oxygen atoms in total. The molecule has 1 unspecified atom stereocenters. The Morgan fingerprint density at radius 2 is 2.25 bits per heavy atom. The molecular formula is C15H16FN3O. The van der Waals surface area contributed by atoms with Crippen molar-refractivity contribution in [3.63, 3.8) is 0 Å². The fraction of sp³-hybridized carbons (Fsp3) is 0.333. The van der Waals surface area contributed by atoms with Crippen LogP contribution in [0.1, 0.15) is 12.6 Å². The number of hydrogen-bond acceptors (Lipinski definition) is 3. The van der Waals surface area contributed by atoms with E-state index in [1.54, 1.807) is 6.07 Å². The molecule has 1 aromatic carbocycles. The third-order valence-corrected chi connectivity index (χ3v) is 3.47. The summed E-state index contributed by atoms with van der Waals surface area (Å²) in [5, 5.41) is 3.63. The Labute approximate surface area is 116 Å². The van der Waals surface area contributed by atoms with Gasteiger partial charge in [-0.05, 0) is 26.0 Å². The molecule has 104 valence electrons. The summed E-state index contributed by atoms with van der Waals surface area (Å²) in [7, 11) is 0. The number of fused-ring (bicyclic) bond motifs is 1. The van der Waals surface area contributed by atoms with E-state index in [4.69, 9.17) is 0 Å². The lowest BCUT2D eigenvalue weighted by Crippen LogP contribution is -2.53. The van der Waals surface area contributed by atoms with Gasteiger partial charge in [0.1, 0.15) is 11.3 Å². The summed E-state index contributed by atoms with van der Waals surface area (Å²) >= 11 is 0. The number of pyridine rings is 1. The minimum Gasteiger partial charge on any atom is -0.360 e. The number of para-hydroxylation sites is 1. The van der Waals surface area contributed by atoms with Crippen LogP contribution in [0.15, 0.2) is 24.3 Å². The summed E-state index contributed by atoms with van der Waals surface area (Å²) in [5.41, 5.74) is 1.98. The summed E-state index contributed by atoms with van der Waals surface area (Å²) in [4.78, 5) is 18.0. The Hall–Kier alpha value is -2.17. The summed E-state index contributed by atoms with van der Waals surface area (Å²) in [6.45, 7) is 4.80. The number of carbonyl (C=O) groups excluding carboxylic acids is 1. The van der Waals surface area contributed by atoms with E-state index in [1.807, 2.05) is 30.9 Å². The van der Waals surface area contributed by atoms with Crippen molar-refractivity contribution in [1.82, 2.24) is 10.3 Å². The summed E-state index contributed by atoms with van der Waals surface area (Å²) in [6.07, 6.45) is 0. The molecule has 0 aliphatic carbocycles. The summed E-state index contributed by atoms with van der Waals surface area (Å²) < 4.78 is 13.9. The fourth-order valence-corrected chi connectivity index (χ4v) is 2.70. The van der Waals surface area contributed by atoms with Crippen molar-refractivity contribution in [2.45, 2.75) is 19.9 Å².